The van der Waals surface area contributed by atoms with Gasteiger partial charge in [0.05, 0.1) is 6.61 Å². The average molecular weight is 254 g/mol. The fourth-order valence-corrected chi connectivity index (χ4v) is 3.64. The summed E-state index contributed by atoms with van der Waals surface area (Å²) in [7, 11) is 2.16. The van der Waals surface area contributed by atoms with E-state index in [1.807, 2.05) is 0 Å². The smallest absolute Gasteiger partial charge is 0.0558 e. The molecule has 1 heterocycles. The van der Waals surface area contributed by atoms with E-state index in [0.29, 0.717) is 6.04 Å². The van der Waals surface area contributed by atoms with Crippen molar-refractivity contribution in [2.45, 2.75) is 63.5 Å². The molecule has 1 aliphatic carbocycles. The Morgan fingerprint density at radius 3 is 2.44 bits per heavy atom. The Morgan fingerprint density at radius 1 is 1.06 bits per heavy atom. The zero-order chi connectivity index (χ0) is 12.8. The maximum Gasteiger partial charge on any atom is 0.0558 e. The number of hydrogen-bond acceptors (Lipinski definition) is 3. The third-order valence-corrected chi connectivity index (χ3v) is 4.85. The standard InChI is InChI=1S/C15H30N2O/c1-16(11-12-18)15-9-6-10-17(13-15)14-7-4-2-3-5-8-14/h14-15,18H,2-13H2,1H3. The van der Waals surface area contributed by atoms with E-state index < -0.39 is 0 Å². The first-order valence-corrected chi connectivity index (χ1v) is 7.86. The maximum atomic E-state index is 9.06. The predicted molar refractivity (Wildman–Crippen MR) is 75.8 cm³/mol. The molecule has 0 amide bonds. The Hall–Kier alpha value is -0.120. The molecule has 1 atom stereocenters. The number of hydrogen-bond donors (Lipinski definition) is 1. The summed E-state index contributed by atoms with van der Waals surface area (Å²) < 4.78 is 0. The van der Waals surface area contributed by atoms with E-state index in [-0.39, 0.29) is 6.61 Å². The van der Waals surface area contributed by atoms with Gasteiger partial charge in [0.2, 0.25) is 0 Å². The minimum atomic E-state index is 0.288. The third kappa shape index (κ3) is 3.94. The molecule has 2 rings (SSSR count). The molecule has 2 aliphatic rings. The zero-order valence-electron chi connectivity index (χ0n) is 12.0. The summed E-state index contributed by atoms with van der Waals surface area (Å²) in [6, 6.07) is 1.51. The highest BCUT2D eigenvalue weighted by Crippen LogP contribution is 2.25. The molecular formula is C15H30N2O. The summed E-state index contributed by atoms with van der Waals surface area (Å²) in [6.07, 6.45) is 11.2. The monoisotopic (exact) mass is 254 g/mol. The Kier molecular flexibility index (Phi) is 5.93. The highest BCUT2D eigenvalue weighted by molar-refractivity contribution is 4.84. The van der Waals surface area contributed by atoms with Crippen molar-refractivity contribution in [3.8, 4) is 0 Å². The van der Waals surface area contributed by atoms with Crippen molar-refractivity contribution in [1.29, 1.82) is 0 Å². The first-order valence-electron chi connectivity index (χ1n) is 7.86. The van der Waals surface area contributed by atoms with E-state index in [9.17, 15) is 0 Å². The van der Waals surface area contributed by atoms with E-state index in [2.05, 4.69) is 16.8 Å². The van der Waals surface area contributed by atoms with Gasteiger partial charge in [-0.3, -0.25) is 9.80 Å². The fourth-order valence-electron chi connectivity index (χ4n) is 3.64. The largest absolute Gasteiger partial charge is 0.395 e. The number of rotatable bonds is 4. The fraction of sp³-hybridized carbons (Fsp3) is 1.00. The van der Waals surface area contributed by atoms with Crippen LogP contribution in [0.4, 0.5) is 0 Å². The van der Waals surface area contributed by atoms with Crippen LogP contribution in [0.2, 0.25) is 0 Å². The Morgan fingerprint density at radius 2 is 1.78 bits per heavy atom. The maximum absolute atomic E-state index is 9.06. The van der Waals surface area contributed by atoms with Crippen molar-refractivity contribution in [2.75, 3.05) is 33.3 Å². The average Bonchev–Trinajstić information content (AvgIpc) is 2.68. The van der Waals surface area contributed by atoms with Crippen LogP contribution in [-0.2, 0) is 0 Å². The van der Waals surface area contributed by atoms with Crippen molar-refractivity contribution >= 4 is 0 Å². The zero-order valence-corrected chi connectivity index (χ0v) is 12.0. The lowest BCUT2D eigenvalue weighted by Crippen LogP contribution is -2.50. The van der Waals surface area contributed by atoms with Crippen molar-refractivity contribution in [3.05, 3.63) is 0 Å². The van der Waals surface area contributed by atoms with Crippen LogP contribution in [0.25, 0.3) is 0 Å². The molecule has 1 unspecified atom stereocenters. The molecule has 0 spiro atoms. The van der Waals surface area contributed by atoms with Crippen molar-refractivity contribution in [1.82, 2.24) is 9.80 Å². The summed E-state index contributed by atoms with van der Waals surface area (Å²) >= 11 is 0. The Balaban J connectivity index is 1.84. The van der Waals surface area contributed by atoms with Crippen LogP contribution in [0.5, 0.6) is 0 Å². The minimum absolute atomic E-state index is 0.288. The van der Waals surface area contributed by atoms with E-state index >= 15 is 0 Å². The SMILES string of the molecule is CN(CCO)C1CCCN(C2CCCCCC2)C1. The highest BCUT2D eigenvalue weighted by Gasteiger charge is 2.27. The number of piperidine rings is 1. The van der Waals surface area contributed by atoms with Gasteiger partial charge < -0.3 is 5.11 Å². The van der Waals surface area contributed by atoms with Crippen LogP contribution in [-0.4, -0.2) is 60.3 Å². The molecule has 0 aromatic heterocycles. The normalized spacial score (nSPS) is 28.5. The van der Waals surface area contributed by atoms with Gasteiger partial charge in [-0.1, -0.05) is 25.7 Å². The van der Waals surface area contributed by atoms with E-state index in [0.717, 1.165) is 12.6 Å². The lowest BCUT2D eigenvalue weighted by molar-refractivity contribution is 0.0697. The number of likely N-dealkylation sites (tertiary alicyclic amines) is 1. The van der Waals surface area contributed by atoms with Crippen LogP contribution in [0, 0.1) is 0 Å². The summed E-state index contributed by atoms with van der Waals surface area (Å²) in [5, 5.41) is 9.06. The molecule has 0 aromatic rings. The second-order valence-electron chi connectivity index (χ2n) is 6.14. The van der Waals surface area contributed by atoms with E-state index in [4.69, 9.17) is 5.11 Å². The van der Waals surface area contributed by atoms with Gasteiger partial charge in [0, 0.05) is 25.2 Å². The molecule has 0 bridgehead atoms. The van der Waals surface area contributed by atoms with Gasteiger partial charge in [-0.15, -0.1) is 0 Å². The summed E-state index contributed by atoms with van der Waals surface area (Å²) in [5.41, 5.74) is 0. The molecule has 1 saturated heterocycles. The predicted octanol–water partition coefficient (Wildman–Crippen LogP) is 2.10. The lowest BCUT2D eigenvalue weighted by Gasteiger charge is -2.41. The van der Waals surface area contributed by atoms with Crippen LogP contribution < -0.4 is 0 Å². The van der Waals surface area contributed by atoms with Crippen molar-refractivity contribution < 1.29 is 5.11 Å². The summed E-state index contributed by atoms with van der Waals surface area (Å²) in [4.78, 5) is 5.09. The molecular weight excluding hydrogens is 224 g/mol. The number of aliphatic hydroxyl groups is 1. The second kappa shape index (κ2) is 7.46. The summed E-state index contributed by atoms with van der Waals surface area (Å²) in [5.74, 6) is 0. The second-order valence-corrected chi connectivity index (χ2v) is 6.14. The van der Waals surface area contributed by atoms with Crippen LogP contribution in [0.3, 0.4) is 0 Å². The minimum Gasteiger partial charge on any atom is -0.395 e. The number of likely N-dealkylation sites (N-methyl/N-ethyl adjacent to an activating group) is 1. The molecule has 0 radical (unpaired) electrons. The first kappa shape index (κ1) is 14.3. The Bertz CT molecular complexity index is 227. The molecule has 18 heavy (non-hydrogen) atoms. The molecule has 1 saturated carbocycles. The van der Waals surface area contributed by atoms with E-state index in [1.54, 1.807) is 0 Å². The van der Waals surface area contributed by atoms with Crippen molar-refractivity contribution in [3.63, 3.8) is 0 Å². The third-order valence-electron chi connectivity index (χ3n) is 4.85. The number of aliphatic hydroxyl groups excluding tert-OH is 1. The quantitative estimate of drug-likeness (QED) is 0.778. The van der Waals surface area contributed by atoms with Crippen molar-refractivity contribution in [2.24, 2.45) is 0 Å². The van der Waals surface area contributed by atoms with Crippen LogP contribution in [0.1, 0.15) is 51.4 Å². The topological polar surface area (TPSA) is 26.7 Å². The van der Waals surface area contributed by atoms with Crippen LogP contribution in [0.15, 0.2) is 0 Å². The molecule has 3 heteroatoms. The van der Waals surface area contributed by atoms with Crippen LogP contribution >= 0.6 is 0 Å². The van der Waals surface area contributed by atoms with Gasteiger partial charge in [-0.25, -0.2) is 0 Å². The molecule has 1 N–H and O–H groups in total. The van der Waals surface area contributed by atoms with Gasteiger partial charge in [-0.05, 0) is 39.3 Å². The first-order chi connectivity index (χ1) is 8.81. The van der Waals surface area contributed by atoms with Gasteiger partial charge in [0.1, 0.15) is 0 Å². The lowest BCUT2D eigenvalue weighted by atomic mass is 9.99. The van der Waals surface area contributed by atoms with Gasteiger partial charge >= 0.3 is 0 Å². The molecule has 1 aliphatic heterocycles. The molecule has 106 valence electrons. The summed E-state index contributed by atoms with van der Waals surface area (Å²) in [6.45, 7) is 3.63. The molecule has 3 nitrogen and oxygen atoms in total. The van der Waals surface area contributed by atoms with Gasteiger partial charge in [0.25, 0.3) is 0 Å². The highest BCUT2D eigenvalue weighted by atomic mass is 16.3. The molecule has 2 fully saturated rings. The Labute approximate surface area is 112 Å². The van der Waals surface area contributed by atoms with E-state index in [1.165, 1.54) is 64.5 Å². The van der Waals surface area contributed by atoms with Gasteiger partial charge in [0.15, 0.2) is 0 Å². The molecule has 0 aromatic carbocycles. The number of nitrogens with zero attached hydrogens (tertiary/aromatic N) is 2. The van der Waals surface area contributed by atoms with Gasteiger partial charge in [-0.2, -0.15) is 0 Å².